The van der Waals surface area contributed by atoms with Gasteiger partial charge in [-0.2, -0.15) is 0 Å². The van der Waals surface area contributed by atoms with Crippen LogP contribution in [0.1, 0.15) is 12.8 Å². The number of imide groups is 1. The average Bonchev–Trinajstić information content (AvgIpc) is 2.32. The number of amides is 2. The molecule has 0 aromatic heterocycles. The summed E-state index contributed by atoms with van der Waals surface area (Å²) in [4.78, 5) is 38.0. The number of nitrogens with zero attached hydrogens (tertiary/aromatic N) is 1. The Morgan fingerprint density at radius 2 is 1.86 bits per heavy atom. The third kappa shape index (κ3) is 1.48. The molecular formula is C8H9NO5. The van der Waals surface area contributed by atoms with Crippen molar-refractivity contribution in [3.63, 3.8) is 0 Å². The van der Waals surface area contributed by atoms with E-state index in [1.165, 1.54) is 0 Å². The van der Waals surface area contributed by atoms with Crippen LogP contribution in [0, 0.1) is 5.92 Å². The maximum atomic E-state index is 11.2. The van der Waals surface area contributed by atoms with Crippen molar-refractivity contribution in [2.24, 2.45) is 5.92 Å². The van der Waals surface area contributed by atoms with Crippen molar-refractivity contribution in [2.75, 3.05) is 13.2 Å². The number of hydrogen-bond acceptors (Lipinski definition) is 5. The Bertz CT molecular complexity index is 280. The standard InChI is InChI=1S/C8H9NO5/c10-6-1-2-7(11)9(6)14-8(12)5-3-13-4-5/h5H,1-4H2. The fraction of sp³-hybridized carbons (Fsp3) is 0.625. The smallest absolute Gasteiger partial charge is 0.340 e. The lowest BCUT2D eigenvalue weighted by atomic mass is 10.1. The van der Waals surface area contributed by atoms with Gasteiger partial charge in [-0.1, -0.05) is 0 Å². The molecular weight excluding hydrogens is 190 g/mol. The van der Waals surface area contributed by atoms with Crippen LogP contribution in [0.2, 0.25) is 0 Å². The van der Waals surface area contributed by atoms with E-state index >= 15 is 0 Å². The van der Waals surface area contributed by atoms with E-state index in [0.717, 1.165) is 0 Å². The number of rotatable bonds is 2. The summed E-state index contributed by atoms with van der Waals surface area (Å²) in [7, 11) is 0. The molecule has 2 fully saturated rings. The molecule has 6 heteroatoms. The van der Waals surface area contributed by atoms with Gasteiger partial charge in [0.2, 0.25) is 0 Å². The third-order valence-electron chi connectivity index (χ3n) is 2.16. The molecule has 2 amide bonds. The second kappa shape index (κ2) is 3.38. The molecule has 0 bridgehead atoms. The van der Waals surface area contributed by atoms with Gasteiger partial charge in [0.25, 0.3) is 11.8 Å². The topological polar surface area (TPSA) is 72.9 Å². The molecule has 2 aliphatic heterocycles. The van der Waals surface area contributed by atoms with Crippen molar-refractivity contribution in [2.45, 2.75) is 12.8 Å². The summed E-state index contributed by atoms with van der Waals surface area (Å²) >= 11 is 0. The number of hydrogen-bond donors (Lipinski definition) is 0. The minimum atomic E-state index is -0.570. The summed E-state index contributed by atoms with van der Waals surface area (Å²) in [6.45, 7) is 0.601. The van der Waals surface area contributed by atoms with E-state index in [1.807, 2.05) is 0 Å². The maximum Gasteiger partial charge on any atom is 0.340 e. The summed E-state index contributed by atoms with van der Waals surface area (Å²) in [5.74, 6) is -1.82. The summed E-state index contributed by atoms with van der Waals surface area (Å²) < 4.78 is 4.78. The lowest BCUT2D eigenvalue weighted by molar-refractivity contribution is -0.208. The van der Waals surface area contributed by atoms with E-state index < -0.39 is 17.8 Å². The van der Waals surface area contributed by atoms with Gasteiger partial charge in [0.15, 0.2) is 0 Å². The molecule has 2 saturated heterocycles. The molecule has 6 nitrogen and oxygen atoms in total. The van der Waals surface area contributed by atoms with Gasteiger partial charge in [-0.15, -0.1) is 5.06 Å². The minimum absolute atomic E-state index is 0.118. The number of carbonyl (C=O) groups excluding carboxylic acids is 3. The predicted molar refractivity (Wildman–Crippen MR) is 41.5 cm³/mol. The molecule has 76 valence electrons. The summed E-state index contributed by atoms with van der Waals surface area (Å²) in [5, 5.41) is 0.556. The molecule has 0 saturated carbocycles. The molecule has 0 unspecified atom stereocenters. The first-order valence-corrected chi connectivity index (χ1v) is 4.34. The molecule has 0 aliphatic carbocycles. The fourth-order valence-corrected chi connectivity index (χ4v) is 1.19. The molecule has 0 N–H and O–H groups in total. The van der Waals surface area contributed by atoms with Crippen molar-refractivity contribution in [1.29, 1.82) is 0 Å². The highest BCUT2D eigenvalue weighted by Gasteiger charge is 2.36. The number of hydroxylamine groups is 2. The molecule has 0 atom stereocenters. The van der Waals surface area contributed by atoms with Crippen LogP contribution in [0.4, 0.5) is 0 Å². The highest BCUT2D eigenvalue weighted by molar-refractivity contribution is 6.01. The number of ether oxygens (including phenoxy) is 1. The maximum absolute atomic E-state index is 11.2. The Kier molecular flexibility index (Phi) is 2.20. The largest absolute Gasteiger partial charge is 0.379 e. The van der Waals surface area contributed by atoms with E-state index in [0.29, 0.717) is 18.3 Å². The lowest BCUT2D eigenvalue weighted by Crippen LogP contribution is -2.41. The van der Waals surface area contributed by atoms with Crippen LogP contribution in [0.3, 0.4) is 0 Å². The van der Waals surface area contributed by atoms with Gasteiger partial charge in [-0.3, -0.25) is 9.59 Å². The zero-order valence-corrected chi connectivity index (χ0v) is 7.39. The molecule has 14 heavy (non-hydrogen) atoms. The first-order valence-electron chi connectivity index (χ1n) is 4.34. The molecule has 2 rings (SSSR count). The Labute approximate surface area is 79.7 Å². The first-order chi connectivity index (χ1) is 6.68. The SMILES string of the molecule is O=C(ON1C(=O)CCC1=O)C1COC1. The Morgan fingerprint density at radius 1 is 1.29 bits per heavy atom. The van der Waals surface area contributed by atoms with Gasteiger partial charge in [-0.05, 0) is 0 Å². The van der Waals surface area contributed by atoms with E-state index in [4.69, 9.17) is 4.74 Å². The van der Waals surface area contributed by atoms with Crippen LogP contribution < -0.4 is 0 Å². The Balaban J connectivity index is 1.92. The second-order valence-electron chi connectivity index (χ2n) is 3.23. The van der Waals surface area contributed by atoms with Crippen molar-refractivity contribution in [3.05, 3.63) is 0 Å². The first kappa shape index (κ1) is 9.14. The van der Waals surface area contributed by atoms with Gasteiger partial charge >= 0.3 is 5.97 Å². The van der Waals surface area contributed by atoms with Crippen LogP contribution in [0.25, 0.3) is 0 Å². The average molecular weight is 199 g/mol. The second-order valence-corrected chi connectivity index (χ2v) is 3.23. The molecule has 2 heterocycles. The predicted octanol–water partition coefficient (Wildman–Crippen LogP) is -0.760. The van der Waals surface area contributed by atoms with Crippen LogP contribution in [0.15, 0.2) is 0 Å². The van der Waals surface area contributed by atoms with Crippen molar-refractivity contribution in [3.8, 4) is 0 Å². The van der Waals surface area contributed by atoms with E-state index in [1.54, 1.807) is 0 Å². The number of carbonyl (C=O) groups is 3. The van der Waals surface area contributed by atoms with Gasteiger partial charge in [0.05, 0.1) is 13.2 Å². The molecule has 0 radical (unpaired) electrons. The normalized spacial score (nSPS) is 22.4. The Morgan fingerprint density at radius 3 is 2.29 bits per heavy atom. The molecule has 2 aliphatic rings. The fourth-order valence-electron chi connectivity index (χ4n) is 1.19. The highest BCUT2D eigenvalue weighted by Crippen LogP contribution is 2.17. The van der Waals surface area contributed by atoms with E-state index in [9.17, 15) is 14.4 Å². The van der Waals surface area contributed by atoms with Crippen LogP contribution >= 0.6 is 0 Å². The summed E-state index contributed by atoms with van der Waals surface area (Å²) in [5.41, 5.74) is 0. The van der Waals surface area contributed by atoms with Crippen molar-refractivity contribution in [1.82, 2.24) is 5.06 Å². The third-order valence-corrected chi connectivity index (χ3v) is 2.16. The molecule has 0 spiro atoms. The highest BCUT2D eigenvalue weighted by atomic mass is 16.7. The quantitative estimate of drug-likeness (QED) is 0.546. The molecule has 0 aromatic rings. The van der Waals surface area contributed by atoms with Crippen molar-refractivity contribution >= 4 is 17.8 Å². The molecule has 0 aromatic carbocycles. The van der Waals surface area contributed by atoms with Crippen LogP contribution in [-0.4, -0.2) is 36.1 Å². The zero-order valence-electron chi connectivity index (χ0n) is 7.39. The van der Waals surface area contributed by atoms with Gasteiger partial charge in [0, 0.05) is 12.8 Å². The zero-order chi connectivity index (χ0) is 10.1. The van der Waals surface area contributed by atoms with Crippen molar-refractivity contribution < 1.29 is 24.0 Å². The summed E-state index contributed by atoms with van der Waals surface area (Å²) in [6, 6.07) is 0. The monoisotopic (exact) mass is 199 g/mol. The summed E-state index contributed by atoms with van der Waals surface area (Å²) in [6.07, 6.45) is 0.237. The minimum Gasteiger partial charge on any atom is -0.379 e. The van der Waals surface area contributed by atoms with E-state index in [-0.39, 0.29) is 18.8 Å². The van der Waals surface area contributed by atoms with Gasteiger partial charge in [-0.25, -0.2) is 4.79 Å². The van der Waals surface area contributed by atoms with E-state index in [2.05, 4.69) is 4.84 Å². The van der Waals surface area contributed by atoms with Crippen LogP contribution in [0.5, 0.6) is 0 Å². The Hall–Kier alpha value is -1.43. The lowest BCUT2D eigenvalue weighted by Gasteiger charge is -2.25. The van der Waals surface area contributed by atoms with Crippen LogP contribution in [-0.2, 0) is 24.0 Å². The van der Waals surface area contributed by atoms with Gasteiger partial charge in [0.1, 0.15) is 5.92 Å². The van der Waals surface area contributed by atoms with Gasteiger partial charge < -0.3 is 9.57 Å².